The minimum absolute atomic E-state index is 0.210. The topological polar surface area (TPSA) is 67.2 Å². The van der Waals surface area contributed by atoms with Crippen LogP contribution in [0, 0.1) is 6.92 Å². The lowest BCUT2D eigenvalue weighted by Gasteiger charge is -2.11. The van der Waals surface area contributed by atoms with Gasteiger partial charge in [0.25, 0.3) is 0 Å². The van der Waals surface area contributed by atoms with Crippen molar-refractivity contribution in [3.05, 3.63) is 90.3 Å². The zero-order valence-corrected chi connectivity index (χ0v) is 17.1. The highest BCUT2D eigenvalue weighted by Crippen LogP contribution is 2.23. The first kappa shape index (κ1) is 19.5. The molecule has 30 heavy (non-hydrogen) atoms. The van der Waals surface area contributed by atoms with Crippen molar-refractivity contribution in [2.45, 2.75) is 6.92 Å². The van der Waals surface area contributed by atoms with Crippen LogP contribution in [0.1, 0.15) is 11.5 Å². The summed E-state index contributed by atoms with van der Waals surface area (Å²) in [5, 5.41) is 6.85. The lowest BCUT2D eigenvalue weighted by atomic mass is 10.1. The van der Waals surface area contributed by atoms with E-state index in [0.717, 1.165) is 33.6 Å². The van der Waals surface area contributed by atoms with Crippen LogP contribution in [0.5, 0.6) is 0 Å². The zero-order chi connectivity index (χ0) is 20.9. The number of rotatable bonds is 4. The lowest BCUT2D eigenvalue weighted by molar-refractivity contribution is -0.115. The van der Waals surface area contributed by atoms with Crippen molar-refractivity contribution in [3.63, 3.8) is 0 Å². The molecule has 0 saturated carbocycles. The molecule has 0 spiro atoms. The Morgan fingerprint density at radius 1 is 1.00 bits per heavy atom. The smallest absolute Gasteiger partial charge is 0.250 e. The fraction of sp³-hybridized carbons (Fsp3) is 0.0417. The summed E-state index contributed by atoms with van der Waals surface area (Å²) in [6.45, 7) is 1.94. The molecule has 1 amide bonds. The van der Waals surface area contributed by atoms with Crippen LogP contribution in [0.4, 0.5) is 5.69 Å². The van der Waals surface area contributed by atoms with E-state index >= 15 is 0 Å². The highest BCUT2D eigenvalue weighted by molar-refractivity contribution is 7.80. The van der Waals surface area contributed by atoms with Crippen molar-refractivity contribution in [1.82, 2.24) is 10.3 Å². The molecule has 6 heteroatoms. The number of hydrogen-bond donors (Lipinski definition) is 2. The van der Waals surface area contributed by atoms with E-state index in [2.05, 4.69) is 15.6 Å². The van der Waals surface area contributed by atoms with Crippen LogP contribution in [0.3, 0.4) is 0 Å². The van der Waals surface area contributed by atoms with Crippen LogP contribution in [0.2, 0.25) is 0 Å². The van der Waals surface area contributed by atoms with E-state index in [-0.39, 0.29) is 11.0 Å². The van der Waals surface area contributed by atoms with Crippen LogP contribution in [0.25, 0.3) is 28.3 Å². The maximum Gasteiger partial charge on any atom is 0.250 e. The predicted octanol–water partition coefficient (Wildman–Crippen LogP) is 5.33. The minimum Gasteiger partial charge on any atom is -0.457 e. The van der Waals surface area contributed by atoms with E-state index in [0.29, 0.717) is 5.76 Å². The van der Waals surface area contributed by atoms with E-state index in [4.69, 9.17) is 16.6 Å². The van der Waals surface area contributed by atoms with Gasteiger partial charge in [-0.3, -0.25) is 15.1 Å². The Bertz CT molecular complexity index is 1250. The maximum absolute atomic E-state index is 12.2. The molecule has 148 valence electrons. The minimum atomic E-state index is -0.348. The Morgan fingerprint density at radius 3 is 2.67 bits per heavy atom. The summed E-state index contributed by atoms with van der Waals surface area (Å²) >= 11 is 5.28. The molecule has 4 aromatic rings. The number of anilines is 1. The van der Waals surface area contributed by atoms with Crippen molar-refractivity contribution in [2.75, 3.05) is 5.32 Å². The van der Waals surface area contributed by atoms with Gasteiger partial charge in [-0.1, -0.05) is 36.4 Å². The molecule has 2 heterocycles. The fourth-order valence-corrected chi connectivity index (χ4v) is 3.24. The van der Waals surface area contributed by atoms with E-state index in [1.165, 1.54) is 6.08 Å². The van der Waals surface area contributed by atoms with E-state index in [9.17, 15) is 4.79 Å². The summed E-state index contributed by atoms with van der Waals surface area (Å²) in [5.41, 5.74) is 3.56. The van der Waals surface area contributed by atoms with Gasteiger partial charge in [0.2, 0.25) is 5.91 Å². The first-order valence-corrected chi connectivity index (χ1v) is 9.81. The molecule has 0 saturated heterocycles. The zero-order valence-electron chi connectivity index (χ0n) is 16.3. The molecule has 2 aromatic carbocycles. The number of carbonyl (C=O) groups excluding carboxylic acids is 1. The normalized spacial score (nSPS) is 11.0. The lowest BCUT2D eigenvalue weighted by Crippen LogP contribution is -2.32. The van der Waals surface area contributed by atoms with Gasteiger partial charge in [0.1, 0.15) is 11.5 Å². The highest BCUT2D eigenvalue weighted by atomic mass is 32.1. The number of carbonyl (C=O) groups is 1. The number of furan rings is 1. The summed E-state index contributed by atoms with van der Waals surface area (Å²) in [4.78, 5) is 16.7. The SMILES string of the molecule is Cc1ccc2c(NC(=S)NC(=O)C=Cc3ccc(-c4ccccc4)o3)cccc2n1. The number of fused-ring (bicyclic) bond motifs is 1. The van der Waals surface area contributed by atoms with Gasteiger partial charge in [0.15, 0.2) is 5.11 Å². The Hall–Kier alpha value is -3.77. The number of aromatic nitrogens is 1. The highest BCUT2D eigenvalue weighted by Gasteiger charge is 2.07. The Kier molecular flexibility index (Phi) is 5.68. The van der Waals surface area contributed by atoms with E-state index in [1.54, 1.807) is 6.08 Å². The number of hydrogen-bond acceptors (Lipinski definition) is 4. The molecular weight excluding hydrogens is 394 g/mol. The molecule has 0 atom stereocenters. The van der Waals surface area contributed by atoms with E-state index in [1.807, 2.05) is 79.7 Å². The molecule has 0 aliphatic rings. The van der Waals surface area contributed by atoms with Crippen molar-refractivity contribution in [3.8, 4) is 11.3 Å². The Morgan fingerprint density at radius 2 is 1.83 bits per heavy atom. The molecule has 5 nitrogen and oxygen atoms in total. The van der Waals surface area contributed by atoms with Crippen LogP contribution < -0.4 is 10.6 Å². The number of thiocarbonyl (C=S) groups is 1. The van der Waals surface area contributed by atoms with Crippen LogP contribution in [0.15, 0.2) is 83.3 Å². The molecule has 0 fully saturated rings. The van der Waals surface area contributed by atoms with Gasteiger partial charge in [0.05, 0.1) is 5.52 Å². The number of amides is 1. The van der Waals surface area contributed by atoms with E-state index < -0.39 is 0 Å². The van der Waals surface area contributed by atoms with Crippen molar-refractivity contribution < 1.29 is 9.21 Å². The number of nitrogens with one attached hydrogen (secondary N) is 2. The third kappa shape index (κ3) is 4.61. The first-order chi connectivity index (χ1) is 14.6. The Balaban J connectivity index is 1.39. The second-order valence-electron chi connectivity index (χ2n) is 6.67. The van der Waals surface area contributed by atoms with Crippen molar-refractivity contribution in [2.24, 2.45) is 0 Å². The molecule has 2 N–H and O–H groups in total. The second-order valence-corrected chi connectivity index (χ2v) is 7.08. The average molecular weight is 414 g/mol. The first-order valence-electron chi connectivity index (χ1n) is 9.40. The molecule has 0 bridgehead atoms. The summed E-state index contributed by atoms with van der Waals surface area (Å²) in [6, 6.07) is 23.1. The number of aryl methyl sites for hydroxylation is 1. The maximum atomic E-state index is 12.2. The summed E-state index contributed by atoms with van der Waals surface area (Å²) in [6.07, 6.45) is 2.99. The Labute approximate surface area is 179 Å². The average Bonchev–Trinajstić information content (AvgIpc) is 3.22. The molecular formula is C24H19N3O2S. The summed E-state index contributed by atoms with van der Waals surface area (Å²) < 4.78 is 5.76. The van der Waals surface area contributed by atoms with Crippen molar-refractivity contribution in [1.29, 1.82) is 0 Å². The number of pyridine rings is 1. The third-order valence-corrected chi connectivity index (χ3v) is 4.64. The van der Waals surface area contributed by atoms with Gasteiger partial charge in [-0.15, -0.1) is 0 Å². The monoisotopic (exact) mass is 413 g/mol. The third-order valence-electron chi connectivity index (χ3n) is 4.44. The van der Waals surface area contributed by atoms with Gasteiger partial charge in [-0.2, -0.15) is 0 Å². The van der Waals surface area contributed by atoms with Crippen LogP contribution in [-0.2, 0) is 4.79 Å². The van der Waals surface area contributed by atoms with Gasteiger partial charge in [-0.25, -0.2) is 0 Å². The molecule has 0 aliphatic carbocycles. The van der Waals surface area contributed by atoms with Gasteiger partial charge in [0, 0.05) is 28.4 Å². The van der Waals surface area contributed by atoms with Crippen molar-refractivity contribution >= 4 is 45.9 Å². The molecule has 0 unspecified atom stereocenters. The number of nitrogens with zero attached hydrogens (tertiary/aromatic N) is 1. The van der Waals surface area contributed by atoms with Gasteiger partial charge in [-0.05, 0) is 61.6 Å². The van der Waals surface area contributed by atoms with Gasteiger partial charge < -0.3 is 9.73 Å². The fourth-order valence-electron chi connectivity index (χ4n) is 3.03. The molecule has 4 rings (SSSR count). The quantitative estimate of drug-likeness (QED) is 0.350. The van der Waals surface area contributed by atoms with Crippen LogP contribution >= 0.6 is 12.2 Å². The summed E-state index contributed by atoms with van der Waals surface area (Å²) in [5.74, 6) is 0.977. The molecule has 2 aromatic heterocycles. The van der Waals surface area contributed by atoms with Crippen LogP contribution in [-0.4, -0.2) is 16.0 Å². The summed E-state index contributed by atoms with van der Waals surface area (Å²) in [7, 11) is 0. The largest absolute Gasteiger partial charge is 0.457 e. The predicted molar refractivity (Wildman–Crippen MR) is 124 cm³/mol. The molecule has 0 radical (unpaired) electrons. The second kappa shape index (κ2) is 8.71. The number of benzene rings is 2. The van der Waals surface area contributed by atoms with Gasteiger partial charge >= 0.3 is 0 Å². The standard InChI is InChI=1S/C24H19N3O2S/c1-16-10-13-19-20(25-16)8-5-9-21(19)26-24(30)27-23(28)15-12-18-11-14-22(29-18)17-6-3-2-4-7-17/h2-15H,1H3,(H2,26,27,28,30). The molecule has 0 aliphatic heterocycles.